The quantitative estimate of drug-likeness (QED) is 0.782. The van der Waals surface area contributed by atoms with Crippen LogP contribution < -0.4 is 10.6 Å². The highest BCUT2D eigenvalue weighted by Crippen LogP contribution is 2.15. The summed E-state index contributed by atoms with van der Waals surface area (Å²) in [6.45, 7) is 8.88. The van der Waals surface area contributed by atoms with Gasteiger partial charge in [0.1, 0.15) is 0 Å². The molecule has 2 aromatic carbocycles. The Morgan fingerprint density at radius 2 is 1.65 bits per heavy atom. The lowest BCUT2D eigenvalue weighted by atomic mass is 10.1. The normalized spacial score (nSPS) is 10.7. The molecule has 26 heavy (non-hydrogen) atoms. The molecule has 0 saturated heterocycles. The lowest BCUT2D eigenvalue weighted by Crippen LogP contribution is -2.27. The van der Waals surface area contributed by atoms with Crippen molar-refractivity contribution in [3.8, 4) is 0 Å². The van der Waals surface area contributed by atoms with Gasteiger partial charge in [0.2, 0.25) is 5.91 Å². The Balaban J connectivity index is 1.87. The highest BCUT2D eigenvalue weighted by Gasteiger charge is 2.08. The number of amides is 2. The summed E-state index contributed by atoms with van der Waals surface area (Å²) >= 11 is 0. The Morgan fingerprint density at radius 1 is 0.962 bits per heavy atom. The van der Waals surface area contributed by atoms with Crippen LogP contribution in [0.1, 0.15) is 47.3 Å². The molecule has 0 atom stereocenters. The predicted octanol–water partition coefficient (Wildman–Crippen LogP) is 4.26. The van der Waals surface area contributed by atoms with Gasteiger partial charge in [-0.2, -0.15) is 0 Å². The second-order valence-corrected chi connectivity index (χ2v) is 7.15. The predicted molar refractivity (Wildman–Crippen MR) is 106 cm³/mol. The van der Waals surface area contributed by atoms with Crippen molar-refractivity contribution in [3.63, 3.8) is 0 Å². The number of carbonyl (C=O) groups excluding carboxylic acids is 2. The first-order chi connectivity index (χ1) is 12.3. The number of hydrogen-bond acceptors (Lipinski definition) is 2. The molecule has 4 heteroatoms. The molecule has 0 aliphatic heterocycles. The molecule has 0 bridgehead atoms. The van der Waals surface area contributed by atoms with Crippen LogP contribution in [0.5, 0.6) is 0 Å². The zero-order valence-electron chi connectivity index (χ0n) is 16.1. The number of benzene rings is 2. The average Bonchev–Trinajstić information content (AvgIpc) is 2.61. The van der Waals surface area contributed by atoms with Crippen molar-refractivity contribution >= 4 is 17.5 Å². The fourth-order valence-electron chi connectivity index (χ4n) is 2.50. The topological polar surface area (TPSA) is 58.2 Å². The number of anilines is 1. The molecule has 0 radical (unpaired) electrons. The lowest BCUT2D eigenvalue weighted by Gasteiger charge is -2.09. The summed E-state index contributed by atoms with van der Waals surface area (Å²) in [6.07, 6.45) is 1.16. The highest BCUT2D eigenvalue weighted by atomic mass is 16.2. The maximum Gasteiger partial charge on any atom is 0.255 e. The third kappa shape index (κ3) is 6.03. The molecule has 0 fully saturated rings. The summed E-state index contributed by atoms with van der Waals surface area (Å²) in [5.41, 5.74) is 4.75. The van der Waals surface area contributed by atoms with E-state index in [4.69, 9.17) is 0 Å². The minimum Gasteiger partial charge on any atom is -0.356 e. The average molecular weight is 352 g/mol. The summed E-state index contributed by atoms with van der Waals surface area (Å²) < 4.78 is 0. The molecule has 0 aliphatic carbocycles. The van der Waals surface area contributed by atoms with E-state index in [-0.39, 0.29) is 11.8 Å². The Bertz CT molecular complexity index is 764. The third-order valence-corrected chi connectivity index (χ3v) is 4.33. The van der Waals surface area contributed by atoms with Gasteiger partial charge in [-0.05, 0) is 67.1 Å². The van der Waals surface area contributed by atoms with Crippen LogP contribution in [0.15, 0.2) is 42.5 Å². The molecule has 0 heterocycles. The molecular formula is C22H28N2O2. The van der Waals surface area contributed by atoms with Gasteiger partial charge < -0.3 is 10.6 Å². The first-order valence-electron chi connectivity index (χ1n) is 9.09. The standard InChI is InChI=1S/C22H28N2O2/c1-15(2)14-23-21(25)12-8-18-6-10-20(11-7-18)24-22(26)19-9-5-16(3)17(4)13-19/h5-7,9-11,13,15H,8,12,14H2,1-4H3,(H,23,25)(H,24,26). The Morgan fingerprint density at radius 3 is 2.27 bits per heavy atom. The summed E-state index contributed by atoms with van der Waals surface area (Å²) in [7, 11) is 0. The summed E-state index contributed by atoms with van der Waals surface area (Å²) in [6, 6.07) is 13.3. The van der Waals surface area contributed by atoms with Gasteiger partial charge in [-0.25, -0.2) is 0 Å². The van der Waals surface area contributed by atoms with Crippen molar-refractivity contribution in [3.05, 3.63) is 64.7 Å². The van der Waals surface area contributed by atoms with Gasteiger partial charge in [-0.1, -0.05) is 32.0 Å². The number of nitrogens with one attached hydrogen (secondary N) is 2. The van der Waals surface area contributed by atoms with Gasteiger partial charge in [0.25, 0.3) is 5.91 Å². The zero-order valence-corrected chi connectivity index (χ0v) is 16.1. The molecule has 2 rings (SSSR count). The summed E-state index contributed by atoms with van der Waals surface area (Å²) in [4.78, 5) is 24.1. The third-order valence-electron chi connectivity index (χ3n) is 4.33. The Kier molecular flexibility index (Phi) is 6.96. The van der Waals surface area contributed by atoms with Gasteiger partial charge in [-0.15, -0.1) is 0 Å². The van der Waals surface area contributed by atoms with Crippen molar-refractivity contribution in [1.29, 1.82) is 0 Å². The van der Waals surface area contributed by atoms with Crippen molar-refractivity contribution in [2.45, 2.75) is 40.5 Å². The van der Waals surface area contributed by atoms with Crippen LogP contribution in [0.25, 0.3) is 0 Å². The zero-order chi connectivity index (χ0) is 19.1. The van der Waals surface area contributed by atoms with Gasteiger partial charge in [0.15, 0.2) is 0 Å². The molecule has 0 spiro atoms. The van der Waals surface area contributed by atoms with Gasteiger partial charge in [0, 0.05) is 24.2 Å². The smallest absolute Gasteiger partial charge is 0.255 e. The van der Waals surface area contributed by atoms with E-state index in [1.807, 2.05) is 56.3 Å². The fraction of sp³-hybridized carbons (Fsp3) is 0.364. The van der Waals surface area contributed by atoms with Crippen LogP contribution in [-0.2, 0) is 11.2 Å². The van der Waals surface area contributed by atoms with E-state index in [1.165, 1.54) is 5.56 Å². The SMILES string of the molecule is Cc1ccc(C(=O)Nc2ccc(CCC(=O)NCC(C)C)cc2)cc1C. The molecule has 2 aromatic rings. The number of hydrogen-bond donors (Lipinski definition) is 2. The summed E-state index contributed by atoms with van der Waals surface area (Å²) in [5, 5.41) is 5.83. The Labute approximate surface area is 156 Å². The van der Waals surface area contributed by atoms with E-state index in [0.29, 0.717) is 30.9 Å². The van der Waals surface area contributed by atoms with Crippen molar-refractivity contribution in [2.75, 3.05) is 11.9 Å². The van der Waals surface area contributed by atoms with Crippen LogP contribution in [0.2, 0.25) is 0 Å². The molecule has 2 amide bonds. The van der Waals surface area contributed by atoms with Crippen LogP contribution in [0.3, 0.4) is 0 Å². The van der Waals surface area contributed by atoms with Crippen molar-refractivity contribution < 1.29 is 9.59 Å². The van der Waals surface area contributed by atoms with E-state index >= 15 is 0 Å². The molecule has 0 aromatic heterocycles. The van der Waals surface area contributed by atoms with Crippen molar-refractivity contribution in [2.24, 2.45) is 5.92 Å². The molecule has 0 saturated carbocycles. The lowest BCUT2D eigenvalue weighted by molar-refractivity contribution is -0.121. The van der Waals surface area contributed by atoms with E-state index in [2.05, 4.69) is 24.5 Å². The van der Waals surface area contributed by atoms with E-state index in [0.717, 1.165) is 16.8 Å². The number of rotatable bonds is 7. The maximum atomic E-state index is 12.3. The maximum absolute atomic E-state index is 12.3. The van der Waals surface area contributed by atoms with Gasteiger partial charge >= 0.3 is 0 Å². The first kappa shape index (κ1) is 19.7. The number of carbonyl (C=O) groups is 2. The Hall–Kier alpha value is -2.62. The van der Waals surface area contributed by atoms with Crippen LogP contribution in [0.4, 0.5) is 5.69 Å². The van der Waals surface area contributed by atoms with Crippen LogP contribution in [0, 0.1) is 19.8 Å². The van der Waals surface area contributed by atoms with Crippen LogP contribution in [-0.4, -0.2) is 18.4 Å². The van der Waals surface area contributed by atoms with Crippen LogP contribution >= 0.6 is 0 Å². The molecule has 0 unspecified atom stereocenters. The second kappa shape index (κ2) is 9.18. The summed E-state index contributed by atoms with van der Waals surface area (Å²) in [5.74, 6) is 0.416. The van der Waals surface area contributed by atoms with E-state index in [1.54, 1.807) is 0 Å². The minimum atomic E-state index is -0.117. The molecule has 4 nitrogen and oxygen atoms in total. The van der Waals surface area contributed by atoms with Gasteiger partial charge in [0.05, 0.1) is 0 Å². The van der Waals surface area contributed by atoms with E-state index in [9.17, 15) is 9.59 Å². The van der Waals surface area contributed by atoms with Gasteiger partial charge in [-0.3, -0.25) is 9.59 Å². The van der Waals surface area contributed by atoms with Crippen molar-refractivity contribution in [1.82, 2.24) is 5.32 Å². The second-order valence-electron chi connectivity index (χ2n) is 7.15. The molecular weight excluding hydrogens is 324 g/mol. The monoisotopic (exact) mass is 352 g/mol. The fourth-order valence-corrected chi connectivity index (χ4v) is 2.50. The first-order valence-corrected chi connectivity index (χ1v) is 9.09. The highest BCUT2D eigenvalue weighted by molar-refractivity contribution is 6.04. The molecule has 2 N–H and O–H groups in total. The minimum absolute atomic E-state index is 0.0748. The molecule has 0 aliphatic rings. The van der Waals surface area contributed by atoms with E-state index < -0.39 is 0 Å². The molecule has 138 valence electrons. The number of aryl methyl sites for hydroxylation is 3. The largest absolute Gasteiger partial charge is 0.356 e.